The first-order valence-electron chi connectivity index (χ1n) is 9.51. The van der Waals surface area contributed by atoms with E-state index in [9.17, 15) is 14.0 Å². The fourth-order valence-corrected chi connectivity index (χ4v) is 3.25. The molecule has 1 aliphatic rings. The molecule has 1 fully saturated rings. The number of amides is 3. The normalized spacial score (nSPS) is 17.2. The number of ether oxygens (including phenoxy) is 1. The fraction of sp³-hybridized carbons (Fsp3) is 0.421. The van der Waals surface area contributed by atoms with Gasteiger partial charge in [-0.25, -0.2) is 24.1 Å². The van der Waals surface area contributed by atoms with Crippen LogP contribution in [0.2, 0.25) is 5.02 Å². The molecule has 11 heteroatoms. The minimum atomic E-state index is -1.31. The summed E-state index contributed by atoms with van der Waals surface area (Å²) in [5.74, 6) is 0.318. The van der Waals surface area contributed by atoms with Crippen molar-refractivity contribution in [2.24, 2.45) is 0 Å². The second kappa shape index (κ2) is 9.66. The van der Waals surface area contributed by atoms with E-state index in [1.165, 1.54) is 34.5 Å². The third-order valence-electron chi connectivity index (χ3n) is 4.52. The largest absolute Gasteiger partial charge is 0.491 e. The molecular weight excluding hydrogens is 415 g/mol. The number of hydrogen-bond donors (Lipinski definition) is 1. The van der Waals surface area contributed by atoms with Crippen LogP contribution in [0.5, 0.6) is 5.75 Å². The van der Waals surface area contributed by atoms with Gasteiger partial charge in [0.2, 0.25) is 11.9 Å². The number of urea groups is 1. The number of pyridine rings is 1. The van der Waals surface area contributed by atoms with Crippen molar-refractivity contribution in [1.29, 1.82) is 0 Å². The zero-order valence-electron chi connectivity index (χ0n) is 16.6. The number of hydrogen-bond acceptors (Lipinski definition) is 6. The Morgan fingerprint density at radius 3 is 2.73 bits per heavy atom. The predicted octanol–water partition coefficient (Wildman–Crippen LogP) is 2.92. The zero-order valence-corrected chi connectivity index (χ0v) is 17.3. The van der Waals surface area contributed by atoms with Gasteiger partial charge in [-0.15, -0.1) is 0 Å². The monoisotopic (exact) mass is 436 g/mol. The molecule has 0 aliphatic carbocycles. The second-order valence-corrected chi connectivity index (χ2v) is 7.01. The molecule has 0 bridgehead atoms. The Morgan fingerprint density at radius 1 is 1.37 bits per heavy atom. The lowest BCUT2D eigenvalue weighted by Crippen LogP contribution is -2.44. The number of aromatic nitrogens is 3. The van der Waals surface area contributed by atoms with Gasteiger partial charge in [-0.2, -0.15) is 0 Å². The zero-order chi connectivity index (χ0) is 21.7. The lowest BCUT2D eigenvalue weighted by atomic mass is 10.1. The van der Waals surface area contributed by atoms with Gasteiger partial charge < -0.3 is 15.0 Å². The quantitative estimate of drug-likeness (QED) is 0.682. The molecule has 9 nitrogen and oxygen atoms in total. The Balaban J connectivity index is 1.75. The maximum Gasteiger partial charge on any atom is 0.327 e. The van der Waals surface area contributed by atoms with Crippen molar-refractivity contribution in [3.63, 3.8) is 0 Å². The molecule has 0 aromatic carbocycles. The molecule has 3 heterocycles. The molecule has 2 aromatic rings. The van der Waals surface area contributed by atoms with Gasteiger partial charge in [-0.1, -0.05) is 18.5 Å². The average molecular weight is 437 g/mol. The molecule has 0 radical (unpaired) electrons. The Hall–Kier alpha value is -3.01. The number of nitrogens with zero attached hydrogens (tertiary/aromatic N) is 5. The highest BCUT2D eigenvalue weighted by Crippen LogP contribution is 2.26. The molecule has 0 spiro atoms. The maximum atomic E-state index is 14.6. The van der Waals surface area contributed by atoms with Crippen LogP contribution in [0.1, 0.15) is 20.3 Å². The van der Waals surface area contributed by atoms with Gasteiger partial charge in [-0.05, 0) is 25.5 Å². The molecule has 2 atom stereocenters. The van der Waals surface area contributed by atoms with Gasteiger partial charge in [0.1, 0.15) is 18.5 Å². The smallest absolute Gasteiger partial charge is 0.327 e. The van der Waals surface area contributed by atoms with E-state index in [4.69, 9.17) is 16.3 Å². The van der Waals surface area contributed by atoms with Crippen molar-refractivity contribution in [1.82, 2.24) is 19.9 Å². The predicted molar refractivity (Wildman–Crippen MR) is 110 cm³/mol. The summed E-state index contributed by atoms with van der Waals surface area (Å²) in [4.78, 5) is 40.1. The first-order valence-corrected chi connectivity index (χ1v) is 9.89. The molecule has 160 valence electrons. The summed E-state index contributed by atoms with van der Waals surface area (Å²) in [5, 5.41) is 2.97. The van der Waals surface area contributed by atoms with E-state index in [0.29, 0.717) is 17.4 Å². The van der Waals surface area contributed by atoms with Crippen LogP contribution in [0.3, 0.4) is 0 Å². The van der Waals surface area contributed by atoms with E-state index in [1.807, 2.05) is 6.92 Å². The van der Waals surface area contributed by atoms with Gasteiger partial charge in [0.25, 0.3) is 0 Å². The molecule has 30 heavy (non-hydrogen) atoms. The lowest BCUT2D eigenvalue weighted by molar-refractivity contribution is -0.117. The first kappa shape index (κ1) is 21.7. The number of carbonyl (C=O) groups excluding carboxylic acids is 2. The van der Waals surface area contributed by atoms with E-state index in [2.05, 4.69) is 20.3 Å². The summed E-state index contributed by atoms with van der Waals surface area (Å²) < 4.78 is 19.9. The molecule has 0 saturated carbocycles. The molecule has 1 N–H and O–H groups in total. The Kier molecular flexibility index (Phi) is 6.99. The van der Waals surface area contributed by atoms with Crippen LogP contribution in [0, 0.1) is 0 Å². The number of rotatable bonds is 8. The SMILES string of the molecule is CCOc1cnc(N2C[C@H]([C@@H](F)CC)N(CC(=O)Nc3cc(Cl)ccn3)C2=O)nc1. The van der Waals surface area contributed by atoms with E-state index >= 15 is 0 Å². The molecule has 2 aromatic heterocycles. The minimum absolute atomic E-state index is 0.0323. The van der Waals surface area contributed by atoms with Crippen LogP contribution in [-0.2, 0) is 4.79 Å². The number of carbonyl (C=O) groups is 2. The summed E-state index contributed by atoms with van der Waals surface area (Å²) in [6, 6.07) is 1.69. The molecule has 0 unspecified atom stereocenters. The Morgan fingerprint density at radius 2 is 2.10 bits per heavy atom. The molecule has 1 aliphatic heterocycles. The molecule has 3 rings (SSSR count). The van der Waals surface area contributed by atoms with E-state index in [-0.39, 0.29) is 31.3 Å². The van der Waals surface area contributed by atoms with Crippen LogP contribution in [0.15, 0.2) is 30.7 Å². The number of nitrogens with one attached hydrogen (secondary N) is 1. The van der Waals surface area contributed by atoms with Crippen LogP contribution >= 0.6 is 11.6 Å². The Labute approximate surface area is 178 Å². The van der Waals surface area contributed by atoms with Gasteiger partial charge in [0, 0.05) is 11.2 Å². The average Bonchev–Trinajstić information content (AvgIpc) is 3.04. The van der Waals surface area contributed by atoms with Crippen LogP contribution in [0.25, 0.3) is 0 Å². The summed E-state index contributed by atoms with van der Waals surface area (Å²) in [6.45, 7) is 3.66. The fourth-order valence-electron chi connectivity index (χ4n) is 3.09. The summed E-state index contributed by atoms with van der Waals surface area (Å²) in [6.07, 6.45) is 3.23. The third kappa shape index (κ3) is 4.93. The van der Waals surface area contributed by atoms with Crippen molar-refractivity contribution >= 4 is 35.3 Å². The standard InChI is InChI=1S/C19H22ClFN6O3/c1-3-14(21)15-10-27(18-23-8-13(9-24-18)30-4-2)19(29)26(15)11-17(28)25-16-7-12(20)5-6-22-16/h5-9,14-15H,3-4,10-11H2,1-2H3,(H,22,25,28)/t14-,15+/m0/s1. The number of alkyl halides is 1. The van der Waals surface area contributed by atoms with Crippen molar-refractivity contribution in [3.8, 4) is 5.75 Å². The van der Waals surface area contributed by atoms with Crippen molar-refractivity contribution in [2.75, 3.05) is 29.9 Å². The van der Waals surface area contributed by atoms with Crippen LogP contribution < -0.4 is 15.0 Å². The van der Waals surface area contributed by atoms with Crippen LogP contribution in [0.4, 0.5) is 21.0 Å². The molecule has 1 saturated heterocycles. The van der Waals surface area contributed by atoms with Crippen molar-refractivity contribution < 1.29 is 18.7 Å². The highest BCUT2D eigenvalue weighted by molar-refractivity contribution is 6.30. The number of anilines is 2. The summed E-state index contributed by atoms with van der Waals surface area (Å²) in [7, 11) is 0. The summed E-state index contributed by atoms with van der Waals surface area (Å²) >= 11 is 5.89. The number of halogens is 2. The Bertz CT molecular complexity index is 900. The highest BCUT2D eigenvalue weighted by atomic mass is 35.5. The van der Waals surface area contributed by atoms with E-state index in [0.717, 1.165) is 0 Å². The van der Waals surface area contributed by atoms with E-state index in [1.54, 1.807) is 13.0 Å². The van der Waals surface area contributed by atoms with Gasteiger partial charge in [-0.3, -0.25) is 9.69 Å². The molecule has 3 amide bonds. The highest BCUT2D eigenvalue weighted by Gasteiger charge is 2.43. The van der Waals surface area contributed by atoms with Gasteiger partial charge in [0.15, 0.2) is 5.75 Å². The topological polar surface area (TPSA) is 101 Å². The lowest BCUT2D eigenvalue weighted by Gasteiger charge is -2.24. The first-order chi connectivity index (χ1) is 14.4. The van der Waals surface area contributed by atoms with Crippen molar-refractivity contribution in [3.05, 3.63) is 35.7 Å². The van der Waals surface area contributed by atoms with E-state index < -0.39 is 24.2 Å². The third-order valence-corrected chi connectivity index (χ3v) is 4.76. The second-order valence-electron chi connectivity index (χ2n) is 6.57. The summed E-state index contributed by atoms with van der Waals surface area (Å²) in [5.41, 5.74) is 0. The van der Waals surface area contributed by atoms with Crippen molar-refractivity contribution in [2.45, 2.75) is 32.5 Å². The molecular formula is C19H22ClFN6O3. The van der Waals surface area contributed by atoms with Gasteiger partial charge >= 0.3 is 6.03 Å². The minimum Gasteiger partial charge on any atom is -0.491 e. The maximum absolute atomic E-state index is 14.6. The van der Waals surface area contributed by atoms with Gasteiger partial charge in [0.05, 0.1) is 31.6 Å². The van der Waals surface area contributed by atoms with Crippen LogP contribution in [-0.4, -0.2) is 63.7 Å².